The number of ketones is 1. The van der Waals surface area contributed by atoms with Gasteiger partial charge in [-0.2, -0.15) is 0 Å². The summed E-state index contributed by atoms with van der Waals surface area (Å²) in [5.41, 5.74) is 0. The van der Waals surface area contributed by atoms with Gasteiger partial charge in [0.1, 0.15) is 11.6 Å². The van der Waals surface area contributed by atoms with E-state index in [0.717, 1.165) is 6.07 Å². The summed E-state index contributed by atoms with van der Waals surface area (Å²) in [5.74, 6) is -0.689. The van der Waals surface area contributed by atoms with Crippen LogP contribution in [0.2, 0.25) is 5.02 Å². The molecule has 0 aliphatic rings. The largest absolute Gasteiger partial charge is 0.299 e. The maximum absolute atomic E-state index is 12.8. The Morgan fingerprint density at radius 1 is 1.53 bits per heavy atom. The van der Waals surface area contributed by atoms with E-state index < -0.39 is 16.6 Å². The summed E-state index contributed by atoms with van der Waals surface area (Å²) in [6.45, 7) is 1.71. The average Bonchev–Trinajstić information content (AvgIpc) is 2.21. The van der Waals surface area contributed by atoms with Crippen LogP contribution in [0.25, 0.3) is 0 Å². The molecule has 0 saturated heterocycles. The minimum absolute atomic E-state index is 0.0432. The van der Waals surface area contributed by atoms with Crippen molar-refractivity contribution in [2.75, 3.05) is 5.75 Å². The van der Waals surface area contributed by atoms with Crippen molar-refractivity contribution in [2.24, 2.45) is 0 Å². The molecule has 0 heterocycles. The first-order chi connectivity index (χ1) is 7.04. The van der Waals surface area contributed by atoms with Crippen molar-refractivity contribution in [3.05, 3.63) is 29.0 Å². The number of hydrogen-bond acceptors (Lipinski definition) is 2. The molecule has 0 bridgehead atoms. The summed E-state index contributed by atoms with van der Waals surface area (Å²) in [5, 5.41) is -0.0789. The smallest absolute Gasteiger partial charge is 0.145 e. The van der Waals surface area contributed by atoms with Crippen molar-refractivity contribution in [2.45, 2.75) is 18.2 Å². The summed E-state index contributed by atoms with van der Waals surface area (Å²) in [6.07, 6.45) is 0.348. The van der Waals surface area contributed by atoms with Crippen LogP contribution in [0.4, 0.5) is 4.39 Å². The summed E-state index contributed by atoms with van der Waals surface area (Å²) in [7, 11) is -1.43. The molecule has 1 rings (SSSR count). The molecule has 0 saturated carbocycles. The Morgan fingerprint density at radius 2 is 2.20 bits per heavy atom. The molecule has 5 heteroatoms. The number of Topliss-reactive ketones (excluding diaryl/α,β-unsaturated/α-hetero) is 1. The van der Waals surface area contributed by atoms with Crippen LogP contribution in [0.5, 0.6) is 0 Å². The number of benzene rings is 1. The van der Waals surface area contributed by atoms with Crippen LogP contribution in [-0.4, -0.2) is 15.7 Å². The summed E-state index contributed by atoms with van der Waals surface area (Å²) in [4.78, 5) is 11.4. The lowest BCUT2D eigenvalue weighted by molar-refractivity contribution is -0.116. The third kappa shape index (κ3) is 3.39. The maximum Gasteiger partial charge on any atom is 0.145 e. The zero-order valence-corrected chi connectivity index (χ0v) is 9.70. The van der Waals surface area contributed by atoms with E-state index in [1.807, 2.05) is 0 Å². The molecule has 1 unspecified atom stereocenters. The van der Waals surface area contributed by atoms with Crippen LogP contribution >= 0.6 is 11.6 Å². The van der Waals surface area contributed by atoms with E-state index in [-0.39, 0.29) is 16.6 Å². The summed E-state index contributed by atoms with van der Waals surface area (Å²) >= 11 is 5.53. The van der Waals surface area contributed by atoms with Gasteiger partial charge in [-0.15, -0.1) is 0 Å². The van der Waals surface area contributed by atoms with Gasteiger partial charge in [-0.1, -0.05) is 18.5 Å². The summed E-state index contributed by atoms with van der Waals surface area (Å²) in [6, 6.07) is 3.81. The zero-order chi connectivity index (χ0) is 11.4. The molecule has 0 aromatic heterocycles. The Bertz CT molecular complexity index is 406. The molecular weight excluding hydrogens is 239 g/mol. The number of carbonyl (C=O) groups is 1. The van der Waals surface area contributed by atoms with Crippen LogP contribution in [0.3, 0.4) is 0 Å². The van der Waals surface area contributed by atoms with Crippen molar-refractivity contribution in [1.29, 1.82) is 0 Å². The fraction of sp³-hybridized carbons (Fsp3) is 0.300. The Morgan fingerprint density at radius 3 is 2.73 bits per heavy atom. The molecule has 1 aromatic rings. The normalized spacial score (nSPS) is 12.5. The monoisotopic (exact) mass is 248 g/mol. The van der Waals surface area contributed by atoms with Crippen molar-refractivity contribution in [3.8, 4) is 0 Å². The molecule has 0 amide bonds. The molecule has 0 aliphatic carbocycles. The van der Waals surface area contributed by atoms with Crippen molar-refractivity contribution >= 4 is 28.2 Å². The van der Waals surface area contributed by atoms with Gasteiger partial charge in [-0.3, -0.25) is 9.00 Å². The zero-order valence-electron chi connectivity index (χ0n) is 8.13. The first-order valence-corrected chi connectivity index (χ1v) is 6.09. The van der Waals surface area contributed by atoms with Gasteiger partial charge in [0.05, 0.1) is 21.6 Å². The Labute approximate surface area is 94.9 Å². The third-order valence-corrected chi connectivity index (χ3v) is 3.49. The van der Waals surface area contributed by atoms with E-state index in [9.17, 15) is 13.4 Å². The molecule has 82 valence electrons. The lowest BCUT2D eigenvalue weighted by atomic mass is 10.3. The predicted molar refractivity (Wildman–Crippen MR) is 58.0 cm³/mol. The first kappa shape index (κ1) is 12.3. The highest BCUT2D eigenvalue weighted by Crippen LogP contribution is 2.18. The fourth-order valence-corrected chi connectivity index (χ4v) is 2.33. The van der Waals surface area contributed by atoms with Gasteiger partial charge in [0, 0.05) is 11.3 Å². The van der Waals surface area contributed by atoms with E-state index in [4.69, 9.17) is 11.6 Å². The van der Waals surface area contributed by atoms with E-state index in [1.165, 1.54) is 12.1 Å². The Hall–Kier alpha value is -0.740. The van der Waals surface area contributed by atoms with Gasteiger partial charge in [0.25, 0.3) is 0 Å². The highest BCUT2D eigenvalue weighted by molar-refractivity contribution is 7.85. The van der Waals surface area contributed by atoms with Crippen LogP contribution in [0.1, 0.15) is 13.3 Å². The third-order valence-electron chi connectivity index (χ3n) is 1.84. The fourth-order valence-electron chi connectivity index (χ4n) is 0.950. The predicted octanol–water partition coefficient (Wildman–Crippen LogP) is 2.57. The molecule has 0 N–H and O–H groups in total. The number of hydrogen-bond donors (Lipinski definition) is 0. The summed E-state index contributed by atoms with van der Waals surface area (Å²) < 4.78 is 24.4. The average molecular weight is 249 g/mol. The SMILES string of the molecule is CCC(=O)CS(=O)c1ccc(F)c(Cl)c1. The highest BCUT2D eigenvalue weighted by atomic mass is 35.5. The van der Waals surface area contributed by atoms with Gasteiger partial charge in [-0.05, 0) is 18.2 Å². The lowest BCUT2D eigenvalue weighted by Crippen LogP contribution is -2.09. The lowest BCUT2D eigenvalue weighted by Gasteiger charge is -2.01. The van der Waals surface area contributed by atoms with Gasteiger partial charge < -0.3 is 0 Å². The van der Waals surface area contributed by atoms with Crippen LogP contribution in [0, 0.1) is 5.82 Å². The first-order valence-electron chi connectivity index (χ1n) is 4.39. The second-order valence-corrected chi connectivity index (χ2v) is 4.82. The van der Waals surface area contributed by atoms with Gasteiger partial charge in [-0.25, -0.2) is 4.39 Å². The van der Waals surface area contributed by atoms with Crippen LogP contribution < -0.4 is 0 Å². The highest BCUT2D eigenvalue weighted by Gasteiger charge is 2.10. The van der Waals surface area contributed by atoms with Crippen molar-refractivity contribution in [1.82, 2.24) is 0 Å². The van der Waals surface area contributed by atoms with E-state index in [0.29, 0.717) is 11.3 Å². The standard InChI is InChI=1S/C10H10ClFO2S/c1-2-7(13)6-15(14)8-3-4-10(12)9(11)5-8/h3-5H,2,6H2,1H3. The van der Waals surface area contributed by atoms with Gasteiger partial charge in [0.2, 0.25) is 0 Å². The van der Waals surface area contributed by atoms with Crippen LogP contribution in [-0.2, 0) is 15.6 Å². The number of carbonyl (C=O) groups excluding carboxylic acids is 1. The van der Waals surface area contributed by atoms with Crippen molar-refractivity contribution < 1.29 is 13.4 Å². The Balaban J connectivity index is 2.83. The van der Waals surface area contributed by atoms with Gasteiger partial charge in [0.15, 0.2) is 0 Å². The van der Waals surface area contributed by atoms with Gasteiger partial charge >= 0.3 is 0 Å². The van der Waals surface area contributed by atoms with E-state index in [1.54, 1.807) is 6.92 Å². The van der Waals surface area contributed by atoms with Crippen LogP contribution in [0.15, 0.2) is 23.1 Å². The number of halogens is 2. The molecule has 1 atom stereocenters. The maximum atomic E-state index is 12.8. The molecule has 1 aromatic carbocycles. The topological polar surface area (TPSA) is 34.1 Å². The Kier molecular flexibility index (Phi) is 4.42. The molecular formula is C10H10ClFO2S. The molecule has 0 radical (unpaired) electrons. The quantitative estimate of drug-likeness (QED) is 0.821. The molecule has 0 fully saturated rings. The molecule has 15 heavy (non-hydrogen) atoms. The molecule has 2 nitrogen and oxygen atoms in total. The second-order valence-electron chi connectivity index (χ2n) is 2.96. The molecule has 0 spiro atoms. The van der Waals surface area contributed by atoms with E-state index >= 15 is 0 Å². The number of rotatable bonds is 4. The minimum Gasteiger partial charge on any atom is -0.299 e. The molecule has 0 aliphatic heterocycles. The van der Waals surface area contributed by atoms with Crippen molar-refractivity contribution in [3.63, 3.8) is 0 Å². The second kappa shape index (κ2) is 5.37. The van der Waals surface area contributed by atoms with E-state index in [2.05, 4.69) is 0 Å². The minimum atomic E-state index is -1.43.